The number of carbonyl (C=O) groups is 2. The highest BCUT2D eigenvalue weighted by molar-refractivity contribution is 6.08. The van der Waals surface area contributed by atoms with Crippen LogP contribution >= 0.6 is 0 Å². The Morgan fingerprint density at radius 3 is 2.33 bits per heavy atom. The SMILES string of the molecule is COc1ccc(C(=O)C(C(=O)O)C(C)C)cc1F. The summed E-state index contributed by atoms with van der Waals surface area (Å²) in [6.45, 7) is 3.27. The van der Waals surface area contributed by atoms with Crippen molar-refractivity contribution in [2.45, 2.75) is 13.8 Å². The van der Waals surface area contributed by atoms with Gasteiger partial charge < -0.3 is 9.84 Å². The minimum Gasteiger partial charge on any atom is -0.494 e. The van der Waals surface area contributed by atoms with E-state index in [1.165, 1.54) is 19.2 Å². The summed E-state index contributed by atoms with van der Waals surface area (Å²) in [7, 11) is 1.31. The molecule has 0 aromatic heterocycles. The summed E-state index contributed by atoms with van der Waals surface area (Å²) in [4.78, 5) is 23.0. The molecule has 1 unspecified atom stereocenters. The fraction of sp³-hybridized carbons (Fsp3) is 0.385. The van der Waals surface area contributed by atoms with Crippen molar-refractivity contribution < 1.29 is 23.8 Å². The summed E-state index contributed by atoms with van der Waals surface area (Å²) in [5.74, 6) is -4.00. The van der Waals surface area contributed by atoms with Gasteiger partial charge in [0, 0.05) is 5.56 Å². The lowest BCUT2D eigenvalue weighted by Crippen LogP contribution is -2.28. The zero-order valence-electron chi connectivity index (χ0n) is 10.4. The second kappa shape index (κ2) is 5.62. The predicted octanol–water partition coefficient (Wildman–Crippen LogP) is 2.37. The lowest BCUT2D eigenvalue weighted by molar-refractivity contribution is -0.141. The minimum absolute atomic E-state index is 0.0166. The lowest BCUT2D eigenvalue weighted by atomic mass is 9.88. The molecule has 0 aliphatic heterocycles. The Morgan fingerprint density at radius 2 is 1.94 bits per heavy atom. The quantitative estimate of drug-likeness (QED) is 0.647. The van der Waals surface area contributed by atoms with Crippen molar-refractivity contribution in [1.29, 1.82) is 0 Å². The highest BCUT2D eigenvalue weighted by atomic mass is 19.1. The molecule has 1 rings (SSSR count). The van der Waals surface area contributed by atoms with Crippen molar-refractivity contribution in [1.82, 2.24) is 0 Å². The molecule has 1 aromatic carbocycles. The van der Waals surface area contributed by atoms with E-state index in [9.17, 15) is 14.0 Å². The van der Waals surface area contributed by atoms with E-state index in [1.54, 1.807) is 13.8 Å². The number of carboxylic acid groups (broad SMARTS) is 1. The number of carboxylic acids is 1. The minimum atomic E-state index is -1.20. The fourth-order valence-corrected chi connectivity index (χ4v) is 1.70. The van der Waals surface area contributed by atoms with Crippen molar-refractivity contribution in [3.8, 4) is 5.75 Å². The average molecular weight is 254 g/mol. The van der Waals surface area contributed by atoms with E-state index >= 15 is 0 Å². The van der Waals surface area contributed by atoms with Gasteiger partial charge in [-0.1, -0.05) is 13.8 Å². The second-order valence-corrected chi connectivity index (χ2v) is 4.27. The number of ether oxygens (including phenoxy) is 1. The Hall–Kier alpha value is -1.91. The first kappa shape index (κ1) is 14.2. The molecule has 1 atom stereocenters. The fourth-order valence-electron chi connectivity index (χ4n) is 1.70. The van der Waals surface area contributed by atoms with Crippen LogP contribution in [0.4, 0.5) is 4.39 Å². The van der Waals surface area contributed by atoms with Gasteiger partial charge in [0.2, 0.25) is 0 Å². The number of rotatable bonds is 5. The van der Waals surface area contributed by atoms with Gasteiger partial charge in [-0.2, -0.15) is 0 Å². The van der Waals surface area contributed by atoms with Crippen molar-refractivity contribution in [3.05, 3.63) is 29.6 Å². The molecule has 0 saturated carbocycles. The number of ketones is 1. The third-order valence-electron chi connectivity index (χ3n) is 2.65. The van der Waals surface area contributed by atoms with Crippen LogP contribution in [0.3, 0.4) is 0 Å². The highest BCUT2D eigenvalue weighted by Crippen LogP contribution is 2.22. The molecular formula is C13H15FO4. The molecule has 98 valence electrons. The van der Waals surface area contributed by atoms with Crippen LogP contribution in [0.5, 0.6) is 5.75 Å². The van der Waals surface area contributed by atoms with E-state index in [2.05, 4.69) is 0 Å². The predicted molar refractivity (Wildman–Crippen MR) is 63.2 cm³/mol. The van der Waals surface area contributed by atoms with Crippen molar-refractivity contribution in [2.75, 3.05) is 7.11 Å². The third-order valence-corrected chi connectivity index (χ3v) is 2.65. The molecule has 18 heavy (non-hydrogen) atoms. The van der Waals surface area contributed by atoms with Gasteiger partial charge >= 0.3 is 5.97 Å². The van der Waals surface area contributed by atoms with E-state index in [-0.39, 0.29) is 17.2 Å². The molecule has 0 spiro atoms. The van der Waals surface area contributed by atoms with Gasteiger partial charge in [0.15, 0.2) is 17.3 Å². The Morgan fingerprint density at radius 1 is 1.33 bits per heavy atom. The number of halogens is 1. The van der Waals surface area contributed by atoms with Crippen LogP contribution < -0.4 is 4.74 Å². The van der Waals surface area contributed by atoms with Crippen molar-refractivity contribution >= 4 is 11.8 Å². The number of Topliss-reactive ketones (excluding diaryl/α,β-unsaturated/α-hetero) is 1. The molecule has 0 aliphatic rings. The maximum absolute atomic E-state index is 13.5. The van der Waals surface area contributed by atoms with Crippen molar-refractivity contribution in [3.63, 3.8) is 0 Å². The molecule has 0 aliphatic carbocycles. The van der Waals surface area contributed by atoms with Crippen LogP contribution in [0.25, 0.3) is 0 Å². The molecule has 4 nitrogen and oxygen atoms in total. The van der Waals surface area contributed by atoms with Gasteiger partial charge in [0.25, 0.3) is 0 Å². The number of carbonyl (C=O) groups excluding carboxylic acids is 1. The number of hydrogen-bond donors (Lipinski definition) is 1. The molecule has 0 bridgehead atoms. The number of aliphatic carboxylic acids is 1. The second-order valence-electron chi connectivity index (χ2n) is 4.27. The maximum atomic E-state index is 13.5. The zero-order chi connectivity index (χ0) is 13.9. The van der Waals surface area contributed by atoms with Crippen LogP contribution in [-0.2, 0) is 4.79 Å². The van der Waals surface area contributed by atoms with Crippen LogP contribution in [-0.4, -0.2) is 24.0 Å². The summed E-state index contributed by atoms with van der Waals surface area (Å²) >= 11 is 0. The van der Waals surface area contributed by atoms with Crippen molar-refractivity contribution in [2.24, 2.45) is 11.8 Å². The van der Waals surface area contributed by atoms with Gasteiger partial charge in [-0.15, -0.1) is 0 Å². The zero-order valence-corrected chi connectivity index (χ0v) is 10.4. The first-order chi connectivity index (χ1) is 8.38. The van der Waals surface area contributed by atoms with Gasteiger partial charge in [-0.25, -0.2) is 4.39 Å². The molecule has 1 N–H and O–H groups in total. The highest BCUT2D eigenvalue weighted by Gasteiger charge is 2.30. The summed E-state index contributed by atoms with van der Waals surface area (Å²) in [5.41, 5.74) is 0.0365. The molecule has 0 saturated heterocycles. The van der Waals surface area contributed by atoms with E-state index in [0.29, 0.717) is 0 Å². The Balaban J connectivity index is 3.10. The summed E-state index contributed by atoms with van der Waals surface area (Å²) in [6.07, 6.45) is 0. The standard InChI is InChI=1S/C13H15FO4/c1-7(2)11(13(16)17)12(15)8-4-5-10(18-3)9(14)6-8/h4-7,11H,1-3H3,(H,16,17). The molecule has 0 amide bonds. The van der Waals surface area contributed by atoms with Gasteiger partial charge in [-0.05, 0) is 24.1 Å². The molecule has 0 fully saturated rings. The number of hydrogen-bond acceptors (Lipinski definition) is 3. The summed E-state index contributed by atoms with van der Waals surface area (Å²) < 4.78 is 18.2. The number of methoxy groups -OCH3 is 1. The Bertz CT molecular complexity index is 468. The summed E-state index contributed by atoms with van der Waals surface area (Å²) in [6, 6.07) is 3.67. The first-order valence-electron chi connectivity index (χ1n) is 5.49. The van der Waals surface area contributed by atoms with Crippen LogP contribution in [0.15, 0.2) is 18.2 Å². The largest absolute Gasteiger partial charge is 0.494 e. The Labute approximate surface area is 104 Å². The van der Waals surface area contributed by atoms with Gasteiger partial charge in [-0.3, -0.25) is 9.59 Å². The van der Waals surface area contributed by atoms with E-state index in [0.717, 1.165) is 6.07 Å². The molecule has 1 aromatic rings. The molecule has 0 heterocycles. The van der Waals surface area contributed by atoms with E-state index in [1.807, 2.05) is 0 Å². The average Bonchev–Trinajstić information content (AvgIpc) is 2.27. The van der Waals surface area contributed by atoms with Crippen LogP contribution in [0, 0.1) is 17.7 Å². The maximum Gasteiger partial charge on any atom is 0.314 e. The number of benzene rings is 1. The first-order valence-corrected chi connectivity index (χ1v) is 5.49. The summed E-state index contributed by atoms with van der Waals surface area (Å²) in [5, 5.41) is 9.01. The van der Waals surface area contributed by atoms with E-state index in [4.69, 9.17) is 9.84 Å². The van der Waals surface area contributed by atoms with E-state index < -0.39 is 23.5 Å². The smallest absolute Gasteiger partial charge is 0.314 e. The van der Waals surface area contributed by atoms with Crippen LogP contribution in [0.2, 0.25) is 0 Å². The molecule has 0 radical (unpaired) electrons. The topological polar surface area (TPSA) is 63.6 Å². The van der Waals surface area contributed by atoms with Gasteiger partial charge in [0.05, 0.1) is 7.11 Å². The lowest BCUT2D eigenvalue weighted by Gasteiger charge is -2.15. The van der Waals surface area contributed by atoms with Crippen LogP contribution in [0.1, 0.15) is 24.2 Å². The Kier molecular flexibility index (Phi) is 4.42. The normalized spacial score (nSPS) is 12.3. The molecular weight excluding hydrogens is 239 g/mol. The van der Waals surface area contributed by atoms with Gasteiger partial charge in [0.1, 0.15) is 5.92 Å². The monoisotopic (exact) mass is 254 g/mol. The molecule has 5 heteroatoms. The third kappa shape index (κ3) is 2.85.